The number of hydrogen-bond donors (Lipinski definition) is 0. The van der Waals surface area contributed by atoms with Crippen LogP contribution in [0.5, 0.6) is 5.75 Å². The van der Waals surface area contributed by atoms with E-state index in [9.17, 15) is 9.59 Å². The summed E-state index contributed by atoms with van der Waals surface area (Å²) in [5.74, 6) is 0.663. The van der Waals surface area contributed by atoms with Crippen molar-refractivity contribution in [3.63, 3.8) is 0 Å². The molecule has 0 bridgehead atoms. The molecule has 104 valence electrons. The summed E-state index contributed by atoms with van der Waals surface area (Å²) in [4.78, 5) is 23.3. The minimum absolute atomic E-state index is 0.0375. The van der Waals surface area contributed by atoms with E-state index >= 15 is 0 Å². The first-order valence-electron chi connectivity index (χ1n) is 6.00. The molecule has 1 aromatic carbocycles. The fraction of sp³-hybridized carbons (Fsp3) is 0.200. The molecule has 0 aliphatic rings. The van der Waals surface area contributed by atoms with E-state index in [1.54, 1.807) is 20.2 Å². The zero-order chi connectivity index (χ0) is 14.9. The Bertz CT molecular complexity index is 734. The highest BCUT2D eigenvalue weighted by atomic mass is 35.5. The van der Waals surface area contributed by atoms with Gasteiger partial charge in [0, 0.05) is 12.6 Å². The van der Waals surface area contributed by atoms with Crippen LogP contribution in [0.1, 0.15) is 15.9 Å². The average Bonchev–Trinajstić information content (AvgIpc) is 2.41. The van der Waals surface area contributed by atoms with Crippen LogP contribution in [0.25, 0.3) is 11.3 Å². The quantitative estimate of drug-likeness (QED) is 0.817. The van der Waals surface area contributed by atoms with Gasteiger partial charge in [-0.2, -0.15) is 0 Å². The summed E-state index contributed by atoms with van der Waals surface area (Å²) in [7, 11) is 3.17. The molecule has 0 radical (unpaired) electrons. The third-order valence-electron chi connectivity index (χ3n) is 3.15. The lowest BCUT2D eigenvalue weighted by molar-refractivity contribution is 0.107. The van der Waals surface area contributed by atoms with Gasteiger partial charge in [0.2, 0.25) is 0 Å². The third kappa shape index (κ3) is 2.47. The minimum Gasteiger partial charge on any atom is -0.496 e. The summed E-state index contributed by atoms with van der Waals surface area (Å²) in [6.07, 6.45) is 0. The zero-order valence-electron chi connectivity index (χ0n) is 11.4. The summed E-state index contributed by atoms with van der Waals surface area (Å²) < 4.78 is 6.71. The Kier molecular flexibility index (Phi) is 3.95. The van der Waals surface area contributed by atoms with Crippen LogP contribution in [0.15, 0.2) is 35.1 Å². The molecule has 0 aliphatic carbocycles. The van der Waals surface area contributed by atoms with Gasteiger partial charge in [-0.3, -0.25) is 9.59 Å². The molecule has 0 amide bonds. The smallest absolute Gasteiger partial charge is 0.262 e. The Morgan fingerprint density at radius 3 is 2.55 bits per heavy atom. The molecule has 1 heterocycles. The van der Waals surface area contributed by atoms with Crippen molar-refractivity contribution in [2.24, 2.45) is 7.05 Å². The van der Waals surface area contributed by atoms with E-state index in [4.69, 9.17) is 16.3 Å². The zero-order valence-corrected chi connectivity index (χ0v) is 12.2. The van der Waals surface area contributed by atoms with Gasteiger partial charge in [-0.1, -0.05) is 11.6 Å². The van der Waals surface area contributed by atoms with Gasteiger partial charge >= 0.3 is 0 Å². The van der Waals surface area contributed by atoms with Crippen LogP contribution in [0.2, 0.25) is 0 Å². The van der Waals surface area contributed by atoms with Gasteiger partial charge in [0.05, 0.1) is 18.4 Å². The average molecular weight is 292 g/mol. The Morgan fingerprint density at radius 1 is 1.25 bits per heavy atom. The van der Waals surface area contributed by atoms with Gasteiger partial charge < -0.3 is 9.30 Å². The van der Waals surface area contributed by atoms with Gasteiger partial charge in [-0.05, 0) is 42.8 Å². The number of nitrogens with zero attached hydrogens (tertiary/aromatic N) is 1. The second-order valence-corrected chi connectivity index (χ2v) is 4.82. The molecular weight excluding hydrogens is 278 g/mol. The predicted octanol–water partition coefficient (Wildman–Crippen LogP) is 2.75. The van der Waals surface area contributed by atoms with Crippen molar-refractivity contribution in [3.05, 3.63) is 51.8 Å². The number of carbonyl (C=O) groups is 1. The number of carbonyl (C=O) groups excluding carboxylic acids is 1. The third-order valence-corrected chi connectivity index (χ3v) is 3.35. The Hall–Kier alpha value is -2.07. The molecule has 20 heavy (non-hydrogen) atoms. The molecular formula is C15H14ClNO3. The summed E-state index contributed by atoms with van der Waals surface area (Å²) >= 11 is 5.39. The maximum atomic E-state index is 12.1. The van der Waals surface area contributed by atoms with Gasteiger partial charge in [0.15, 0.2) is 0 Å². The number of benzene rings is 1. The topological polar surface area (TPSA) is 48.3 Å². The Balaban J connectivity index is 2.72. The number of pyridine rings is 1. The van der Waals surface area contributed by atoms with Gasteiger partial charge in [0.1, 0.15) is 5.75 Å². The lowest BCUT2D eigenvalue weighted by Crippen LogP contribution is -2.23. The van der Waals surface area contributed by atoms with Crippen LogP contribution in [-0.4, -0.2) is 16.9 Å². The second kappa shape index (κ2) is 5.51. The first kappa shape index (κ1) is 14.3. The fourth-order valence-corrected chi connectivity index (χ4v) is 2.22. The van der Waals surface area contributed by atoms with Crippen molar-refractivity contribution in [3.8, 4) is 17.0 Å². The monoisotopic (exact) mass is 291 g/mol. The molecule has 0 unspecified atom stereocenters. The van der Waals surface area contributed by atoms with Gasteiger partial charge in [-0.25, -0.2) is 0 Å². The van der Waals surface area contributed by atoms with Crippen LogP contribution in [-0.2, 0) is 7.05 Å². The number of hydrogen-bond acceptors (Lipinski definition) is 3. The van der Waals surface area contributed by atoms with Crippen molar-refractivity contribution in [1.29, 1.82) is 0 Å². The van der Waals surface area contributed by atoms with E-state index in [0.717, 1.165) is 11.1 Å². The number of halogens is 1. The standard InChI is InChI=1S/C15H14ClNO3/c1-9-4-7-13(20-3)11(8-9)12-6-5-10(14(16)18)15(19)17(12)2/h4-8H,1-3H3. The highest BCUT2D eigenvalue weighted by Crippen LogP contribution is 2.30. The first-order valence-corrected chi connectivity index (χ1v) is 6.38. The molecule has 1 aromatic heterocycles. The van der Waals surface area contributed by atoms with Crippen molar-refractivity contribution < 1.29 is 9.53 Å². The molecule has 5 heteroatoms. The van der Waals surface area contributed by atoms with E-state index in [0.29, 0.717) is 11.4 Å². The number of aryl methyl sites for hydroxylation is 1. The molecule has 0 aliphatic heterocycles. The van der Waals surface area contributed by atoms with Crippen LogP contribution < -0.4 is 10.3 Å². The minimum atomic E-state index is -0.756. The summed E-state index contributed by atoms with van der Waals surface area (Å²) in [5, 5.41) is -0.756. The summed E-state index contributed by atoms with van der Waals surface area (Å²) in [5.41, 5.74) is 2.04. The van der Waals surface area contributed by atoms with Gasteiger partial charge in [-0.15, -0.1) is 0 Å². The lowest BCUT2D eigenvalue weighted by Gasteiger charge is -2.13. The lowest BCUT2D eigenvalue weighted by atomic mass is 10.1. The van der Waals surface area contributed by atoms with Crippen LogP contribution in [0, 0.1) is 6.92 Å². The molecule has 0 fully saturated rings. The normalized spacial score (nSPS) is 10.4. The van der Waals surface area contributed by atoms with Crippen LogP contribution in [0.3, 0.4) is 0 Å². The Labute approximate surface area is 121 Å². The number of methoxy groups -OCH3 is 1. The van der Waals surface area contributed by atoms with E-state index in [1.165, 1.54) is 10.6 Å². The highest BCUT2D eigenvalue weighted by Gasteiger charge is 2.14. The molecule has 0 saturated heterocycles. The van der Waals surface area contributed by atoms with E-state index in [1.807, 2.05) is 25.1 Å². The maximum Gasteiger partial charge on any atom is 0.262 e. The SMILES string of the molecule is COc1ccc(C)cc1-c1ccc(C(=O)Cl)c(=O)n1C. The molecule has 0 atom stereocenters. The van der Waals surface area contributed by atoms with Crippen LogP contribution >= 0.6 is 11.6 Å². The molecule has 4 nitrogen and oxygen atoms in total. The number of aromatic nitrogens is 1. The molecule has 2 aromatic rings. The van der Waals surface area contributed by atoms with E-state index in [2.05, 4.69) is 0 Å². The van der Waals surface area contributed by atoms with Crippen molar-refractivity contribution in [2.45, 2.75) is 6.92 Å². The van der Waals surface area contributed by atoms with Crippen molar-refractivity contribution in [1.82, 2.24) is 4.57 Å². The molecule has 0 N–H and O–H groups in total. The predicted molar refractivity (Wildman–Crippen MR) is 78.6 cm³/mol. The highest BCUT2D eigenvalue weighted by molar-refractivity contribution is 6.67. The molecule has 2 rings (SSSR count). The van der Waals surface area contributed by atoms with Crippen molar-refractivity contribution >= 4 is 16.8 Å². The van der Waals surface area contributed by atoms with Crippen molar-refractivity contribution in [2.75, 3.05) is 7.11 Å². The number of ether oxygens (including phenoxy) is 1. The number of rotatable bonds is 3. The fourth-order valence-electron chi connectivity index (χ4n) is 2.08. The van der Waals surface area contributed by atoms with Gasteiger partial charge in [0.25, 0.3) is 10.8 Å². The summed E-state index contributed by atoms with van der Waals surface area (Å²) in [6, 6.07) is 8.83. The molecule has 0 saturated carbocycles. The van der Waals surface area contributed by atoms with E-state index < -0.39 is 10.8 Å². The Morgan fingerprint density at radius 2 is 1.95 bits per heavy atom. The first-order chi connectivity index (χ1) is 9.45. The largest absolute Gasteiger partial charge is 0.496 e. The van der Waals surface area contributed by atoms with E-state index in [-0.39, 0.29) is 5.56 Å². The molecule has 0 spiro atoms. The summed E-state index contributed by atoms with van der Waals surface area (Å²) in [6.45, 7) is 1.96. The van der Waals surface area contributed by atoms with Crippen LogP contribution in [0.4, 0.5) is 0 Å². The second-order valence-electron chi connectivity index (χ2n) is 4.47. The maximum absolute atomic E-state index is 12.1.